The smallest absolute Gasteiger partial charge is 0.306 e. The number of benzene rings is 3. The van der Waals surface area contributed by atoms with E-state index in [0.717, 1.165) is 22.0 Å². The number of carbonyl (C=O) groups is 1. The maximum absolute atomic E-state index is 10.8. The molecule has 1 heterocycles. The number of ether oxygens (including phenoxy) is 3. The van der Waals surface area contributed by atoms with Gasteiger partial charge in [-0.15, -0.1) is 0 Å². The van der Waals surface area contributed by atoms with Crippen LogP contribution in [0.3, 0.4) is 0 Å². The number of aliphatic hydroxyl groups excluding tert-OH is 1. The standard InChI is InChI=1S/C30H34N2O7/c1-20(15-22-16-32-29-24(22)9-5-11-26(29)37-14-13-28(35)36)31-17-23(33)19-38-27-12-6-10-25(34)30(27)39-18-21-7-3-2-4-8-21/h2-12,16,20,23,31-34H,13-15,17-19H2,1H3,(H,35,36)/t20-,23+/m1/s1. The monoisotopic (exact) mass is 534 g/mol. The summed E-state index contributed by atoms with van der Waals surface area (Å²) >= 11 is 0. The van der Waals surface area contributed by atoms with Crippen LogP contribution in [-0.4, -0.2) is 58.2 Å². The molecule has 0 unspecified atom stereocenters. The SMILES string of the molecule is C[C@H](Cc1c[nH]c2c(OCCC(=O)O)cccc12)NC[C@H](O)COc1cccc(O)c1OCc1ccccc1. The summed E-state index contributed by atoms with van der Waals surface area (Å²) in [4.78, 5) is 14.0. The Balaban J connectivity index is 1.27. The van der Waals surface area contributed by atoms with Crippen molar-refractivity contribution in [1.29, 1.82) is 0 Å². The molecule has 206 valence electrons. The first-order valence-corrected chi connectivity index (χ1v) is 12.9. The van der Waals surface area contributed by atoms with E-state index in [1.807, 2.05) is 61.7 Å². The van der Waals surface area contributed by atoms with Crippen molar-refractivity contribution in [3.63, 3.8) is 0 Å². The van der Waals surface area contributed by atoms with Crippen LogP contribution < -0.4 is 19.5 Å². The zero-order valence-electron chi connectivity index (χ0n) is 21.8. The molecule has 0 saturated heterocycles. The minimum Gasteiger partial charge on any atom is -0.504 e. The lowest BCUT2D eigenvalue weighted by Crippen LogP contribution is -2.37. The summed E-state index contributed by atoms with van der Waals surface area (Å²) in [7, 11) is 0. The number of phenolic OH excluding ortho intramolecular Hbond substituents is 1. The lowest BCUT2D eigenvalue weighted by atomic mass is 10.1. The van der Waals surface area contributed by atoms with Gasteiger partial charge < -0.3 is 39.8 Å². The lowest BCUT2D eigenvalue weighted by Gasteiger charge is -2.19. The van der Waals surface area contributed by atoms with Crippen molar-refractivity contribution in [1.82, 2.24) is 10.3 Å². The second kappa shape index (κ2) is 13.5. The van der Waals surface area contributed by atoms with Crippen LogP contribution in [0.25, 0.3) is 10.9 Å². The highest BCUT2D eigenvalue weighted by molar-refractivity contribution is 5.88. The number of aromatic hydroxyl groups is 1. The summed E-state index contributed by atoms with van der Waals surface area (Å²) in [6.07, 6.45) is 1.78. The molecule has 4 rings (SSSR count). The van der Waals surface area contributed by atoms with E-state index >= 15 is 0 Å². The average Bonchev–Trinajstić information content (AvgIpc) is 3.34. The number of H-pyrrole nitrogens is 1. The van der Waals surface area contributed by atoms with Crippen molar-refractivity contribution < 1.29 is 34.3 Å². The van der Waals surface area contributed by atoms with Crippen LogP contribution >= 0.6 is 0 Å². The van der Waals surface area contributed by atoms with Crippen molar-refractivity contribution in [2.45, 2.75) is 38.5 Å². The Morgan fingerprint density at radius 1 is 0.974 bits per heavy atom. The third-order valence-corrected chi connectivity index (χ3v) is 6.18. The summed E-state index contributed by atoms with van der Waals surface area (Å²) in [6, 6.07) is 20.3. The maximum atomic E-state index is 10.8. The Bertz CT molecular complexity index is 1360. The van der Waals surface area contributed by atoms with Crippen LogP contribution in [0.1, 0.15) is 24.5 Å². The molecule has 0 fully saturated rings. The molecule has 3 aromatic carbocycles. The second-order valence-corrected chi connectivity index (χ2v) is 9.34. The zero-order chi connectivity index (χ0) is 27.6. The highest BCUT2D eigenvalue weighted by atomic mass is 16.5. The normalized spacial score (nSPS) is 12.7. The van der Waals surface area contributed by atoms with E-state index in [2.05, 4.69) is 10.3 Å². The molecule has 0 bridgehead atoms. The van der Waals surface area contributed by atoms with Crippen LogP contribution in [0.2, 0.25) is 0 Å². The van der Waals surface area contributed by atoms with Gasteiger partial charge >= 0.3 is 5.97 Å². The lowest BCUT2D eigenvalue weighted by molar-refractivity contribution is -0.137. The van der Waals surface area contributed by atoms with Gasteiger partial charge in [-0.3, -0.25) is 4.79 Å². The number of rotatable bonds is 15. The van der Waals surface area contributed by atoms with Crippen molar-refractivity contribution >= 4 is 16.9 Å². The van der Waals surface area contributed by atoms with Gasteiger partial charge in [0.05, 0.1) is 18.5 Å². The summed E-state index contributed by atoms with van der Waals surface area (Å²) < 4.78 is 17.2. The number of carboxylic acid groups (broad SMARTS) is 1. The predicted molar refractivity (Wildman–Crippen MR) is 148 cm³/mol. The minimum atomic E-state index is -0.902. The first-order valence-electron chi connectivity index (χ1n) is 12.9. The Kier molecular flexibility index (Phi) is 9.66. The summed E-state index contributed by atoms with van der Waals surface area (Å²) in [6.45, 7) is 2.75. The van der Waals surface area contributed by atoms with E-state index in [1.54, 1.807) is 12.1 Å². The highest BCUT2D eigenvalue weighted by Gasteiger charge is 2.16. The van der Waals surface area contributed by atoms with Gasteiger partial charge in [-0.25, -0.2) is 0 Å². The number of para-hydroxylation sites is 2. The molecule has 4 aromatic rings. The second-order valence-electron chi connectivity index (χ2n) is 9.34. The first-order chi connectivity index (χ1) is 18.9. The van der Waals surface area contributed by atoms with E-state index in [4.69, 9.17) is 19.3 Å². The fraction of sp³-hybridized carbons (Fsp3) is 0.300. The van der Waals surface area contributed by atoms with E-state index in [9.17, 15) is 15.0 Å². The molecule has 9 nitrogen and oxygen atoms in total. The van der Waals surface area contributed by atoms with Crippen molar-refractivity contribution in [3.05, 3.63) is 84.1 Å². The third-order valence-electron chi connectivity index (χ3n) is 6.18. The molecule has 0 saturated carbocycles. The van der Waals surface area contributed by atoms with E-state index in [-0.39, 0.29) is 43.8 Å². The van der Waals surface area contributed by atoms with Gasteiger partial charge in [0, 0.05) is 24.2 Å². The summed E-state index contributed by atoms with van der Waals surface area (Å²) in [5.74, 6) is 0.283. The van der Waals surface area contributed by atoms with E-state index < -0.39 is 12.1 Å². The average molecular weight is 535 g/mol. The van der Waals surface area contributed by atoms with Gasteiger partial charge in [0.25, 0.3) is 0 Å². The number of fused-ring (bicyclic) bond motifs is 1. The number of hydrogen-bond acceptors (Lipinski definition) is 7. The largest absolute Gasteiger partial charge is 0.504 e. The van der Waals surface area contributed by atoms with Gasteiger partial charge in [0.2, 0.25) is 5.75 Å². The van der Waals surface area contributed by atoms with Crippen molar-refractivity contribution in [2.75, 3.05) is 19.8 Å². The Hall–Kier alpha value is -4.21. The molecule has 1 aromatic heterocycles. The Morgan fingerprint density at radius 2 is 1.74 bits per heavy atom. The molecule has 0 aliphatic heterocycles. The molecular weight excluding hydrogens is 500 g/mol. The number of hydrogen-bond donors (Lipinski definition) is 5. The zero-order valence-corrected chi connectivity index (χ0v) is 21.8. The van der Waals surface area contributed by atoms with Gasteiger partial charge in [-0.2, -0.15) is 0 Å². The van der Waals surface area contributed by atoms with Crippen LogP contribution in [0.4, 0.5) is 0 Å². The first kappa shape index (κ1) is 27.8. The van der Waals surface area contributed by atoms with Crippen LogP contribution in [0.5, 0.6) is 23.0 Å². The number of nitrogens with one attached hydrogen (secondary N) is 2. The Morgan fingerprint density at radius 3 is 2.54 bits per heavy atom. The van der Waals surface area contributed by atoms with Gasteiger partial charge in [0.1, 0.15) is 25.1 Å². The van der Waals surface area contributed by atoms with E-state index in [0.29, 0.717) is 24.5 Å². The number of phenols is 1. The third kappa shape index (κ3) is 7.89. The topological polar surface area (TPSA) is 133 Å². The van der Waals surface area contributed by atoms with Gasteiger partial charge in [-0.05, 0) is 42.7 Å². The fourth-order valence-corrected chi connectivity index (χ4v) is 4.20. The van der Waals surface area contributed by atoms with Gasteiger partial charge in [-0.1, -0.05) is 48.5 Å². The van der Waals surface area contributed by atoms with Gasteiger partial charge in [0.15, 0.2) is 11.5 Å². The minimum absolute atomic E-state index is 0.0228. The molecule has 0 aliphatic rings. The summed E-state index contributed by atoms with van der Waals surface area (Å²) in [5.41, 5.74) is 2.87. The molecule has 0 spiro atoms. The fourth-order valence-electron chi connectivity index (χ4n) is 4.20. The van der Waals surface area contributed by atoms with Crippen LogP contribution in [-0.2, 0) is 17.8 Å². The number of aliphatic hydroxyl groups is 1. The molecule has 5 N–H and O–H groups in total. The molecule has 0 aliphatic carbocycles. The van der Waals surface area contributed by atoms with Crippen molar-refractivity contribution in [2.24, 2.45) is 0 Å². The maximum Gasteiger partial charge on any atom is 0.306 e. The molecule has 39 heavy (non-hydrogen) atoms. The molecule has 9 heteroatoms. The molecule has 0 radical (unpaired) electrons. The Labute approximate surface area is 227 Å². The number of aliphatic carboxylic acids is 1. The predicted octanol–water partition coefficient (Wildman–Crippen LogP) is 4.27. The number of carboxylic acids is 1. The quantitative estimate of drug-likeness (QED) is 0.153. The summed E-state index contributed by atoms with van der Waals surface area (Å²) in [5, 5.41) is 34.0. The molecule has 0 amide bonds. The van der Waals surface area contributed by atoms with Crippen LogP contribution in [0, 0.1) is 0 Å². The highest BCUT2D eigenvalue weighted by Crippen LogP contribution is 2.37. The number of aromatic amines is 1. The van der Waals surface area contributed by atoms with E-state index in [1.165, 1.54) is 6.07 Å². The molecule has 2 atom stereocenters. The molecular formula is C30H34N2O7. The number of aromatic nitrogens is 1. The van der Waals surface area contributed by atoms with Crippen molar-refractivity contribution in [3.8, 4) is 23.0 Å². The van der Waals surface area contributed by atoms with Crippen LogP contribution in [0.15, 0.2) is 72.9 Å².